The highest BCUT2D eigenvalue weighted by molar-refractivity contribution is 5.85. The van der Waals surface area contributed by atoms with Crippen molar-refractivity contribution < 1.29 is 9.59 Å². The maximum absolute atomic E-state index is 12.7. The minimum atomic E-state index is -0.127. The van der Waals surface area contributed by atoms with Gasteiger partial charge in [0.1, 0.15) is 0 Å². The first-order valence-corrected chi connectivity index (χ1v) is 9.43. The van der Waals surface area contributed by atoms with Crippen LogP contribution in [-0.2, 0) is 4.79 Å². The Balaban J connectivity index is 1.56. The van der Waals surface area contributed by atoms with Crippen molar-refractivity contribution in [2.75, 3.05) is 26.2 Å². The summed E-state index contributed by atoms with van der Waals surface area (Å²) in [5.74, 6) is 0.269. The Morgan fingerprint density at radius 2 is 1.72 bits per heavy atom. The topological polar surface area (TPSA) is 52.7 Å². The van der Waals surface area contributed by atoms with Crippen molar-refractivity contribution in [1.82, 2.24) is 15.1 Å². The monoisotopic (exact) mass is 343 g/mol. The lowest BCUT2D eigenvalue weighted by molar-refractivity contribution is -0.136. The molecule has 1 heterocycles. The van der Waals surface area contributed by atoms with Crippen LogP contribution in [0.5, 0.6) is 0 Å². The number of urea groups is 1. The van der Waals surface area contributed by atoms with Crippen molar-refractivity contribution in [3.63, 3.8) is 0 Å². The van der Waals surface area contributed by atoms with Crippen LogP contribution in [0.4, 0.5) is 4.79 Å². The summed E-state index contributed by atoms with van der Waals surface area (Å²) in [5.41, 5.74) is 1.00. The molecule has 0 spiro atoms. The Labute approximate surface area is 150 Å². The van der Waals surface area contributed by atoms with Crippen molar-refractivity contribution in [2.24, 2.45) is 5.41 Å². The van der Waals surface area contributed by atoms with E-state index in [0.29, 0.717) is 19.6 Å². The highest BCUT2D eigenvalue weighted by Crippen LogP contribution is 2.46. The third-order valence-corrected chi connectivity index (χ3v) is 5.49. The Hall–Kier alpha value is -2.04. The van der Waals surface area contributed by atoms with Gasteiger partial charge in [-0.2, -0.15) is 0 Å². The molecule has 1 N–H and O–H groups in total. The number of hydrogen-bond donors (Lipinski definition) is 1. The van der Waals surface area contributed by atoms with Crippen LogP contribution in [0.3, 0.4) is 0 Å². The van der Waals surface area contributed by atoms with E-state index in [0.717, 1.165) is 37.8 Å². The van der Waals surface area contributed by atoms with Crippen molar-refractivity contribution in [3.05, 3.63) is 35.9 Å². The molecule has 5 heteroatoms. The highest BCUT2D eigenvalue weighted by Gasteiger charge is 2.47. The van der Waals surface area contributed by atoms with Gasteiger partial charge in [0, 0.05) is 31.6 Å². The zero-order chi connectivity index (χ0) is 17.9. The van der Waals surface area contributed by atoms with Gasteiger partial charge in [-0.3, -0.25) is 4.79 Å². The van der Waals surface area contributed by atoms with Crippen molar-refractivity contribution >= 4 is 11.9 Å². The van der Waals surface area contributed by atoms with E-state index >= 15 is 0 Å². The van der Waals surface area contributed by atoms with Crippen LogP contribution < -0.4 is 5.32 Å². The van der Waals surface area contributed by atoms with Gasteiger partial charge >= 0.3 is 6.03 Å². The lowest BCUT2D eigenvalue weighted by Gasteiger charge is -2.26. The number of amides is 3. The Morgan fingerprint density at radius 1 is 1.08 bits per heavy atom. The van der Waals surface area contributed by atoms with E-state index in [1.165, 1.54) is 0 Å². The van der Waals surface area contributed by atoms with Gasteiger partial charge < -0.3 is 15.1 Å². The summed E-state index contributed by atoms with van der Waals surface area (Å²) >= 11 is 0. The molecule has 0 radical (unpaired) electrons. The summed E-state index contributed by atoms with van der Waals surface area (Å²) in [7, 11) is 0. The van der Waals surface area contributed by atoms with Gasteiger partial charge in [0.05, 0.1) is 6.04 Å². The lowest BCUT2D eigenvalue weighted by Crippen LogP contribution is -2.44. The first-order valence-electron chi connectivity index (χ1n) is 9.43. The molecule has 25 heavy (non-hydrogen) atoms. The molecule has 2 fully saturated rings. The molecule has 1 atom stereocenters. The van der Waals surface area contributed by atoms with Gasteiger partial charge in [0.2, 0.25) is 5.91 Å². The molecule has 0 unspecified atom stereocenters. The van der Waals surface area contributed by atoms with Crippen molar-refractivity contribution in [2.45, 2.75) is 45.6 Å². The molecular formula is C20H29N3O2. The fourth-order valence-corrected chi connectivity index (χ4v) is 3.45. The summed E-state index contributed by atoms with van der Waals surface area (Å²) in [5, 5.41) is 3.15. The maximum Gasteiger partial charge on any atom is 0.317 e. The maximum atomic E-state index is 12.7. The molecule has 1 aromatic carbocycles. The van der Waals surface area contributed by atoms with E-state index in [1.807, 2.05) is 40.1 Å². The fourth-order valence-electron chi connectivity index (χ4n) is 3.45. The number of carbonyl (C=O) groups is 2. The molecule has 0 bridgehead atoms. The van der Waals surface area contributed by atoms with E-state index in [-0.39, 0.29) is 23.4 Å². The first kappa shape index (κ1) is 17.8. The molecule has 1 aliphatic heterocycles. The minimum Gasteiger partial charge on any atom is -0.340 e. The largest absolute Gasteiger partial charge is 0.340 e. The van der Waals surface area contributed by atoms with Crippen LogP contribution in [0.15, 0.2) is 30.3 Å². The fraction of sp³-hybridized carbons (Fsp3) is 0.600. The number of nitrogens with one attached hydrogen (secondary N) is 1. The second-order valence-corrected chi connectivity index (χ2v) is 7.51. The summed E-state index contributed by atoms with van der Waals surface area (Å²) in [6.45, 7) is 6.85. The lowest BCUT2D eigenvalue weighted by atomic mass is 10.1. The second kappa shape index (κ2) is 7.46. The van der Waals surface area contributed by atoms with Crippen molar-refractivity contribution in [3.8, 4) is 0 Å². The van der Waals surface area contributed by atoms with E-state index in [4.69, 9.17) is 0 Å². The Kier molecular flexibility index (Phi) is 5.30. The Bertz CT molecular complexity index is 613. The predicted octanol–water partition coefficient (Wildman–Crippen LogP) is 3.18. The first-order chi connectivity index (χ1) is 12.0. The second-order valence-electron chi connectivity index (χ2n) is 7.51. The van der Waals surface area contributed by atoms with Crippen LogP contribution in [0.1, 0.15) is 51.1 Å². The number of hydrogen-bond acceptors (Lipinski definition) is 2. The highest BCUT2D eigenvalue weighted by atomic mass is 16.2. The summed E-state index contributed by atoms with van der Waals surface area (Å²) in [6.07, 6.45) is 3.70. The third kappa shape index (κ3) is 4.14. The molecule has 0 aromatic heterocycles. The molecule has 5 nitrogen and oxygen atoms in total. The number of nitrogens with zero attached hydrogens (tertiary/aromatic N) is 2. The summed E-state index contributed by atoms with van der Waals surface area (Å²) in [4.78, 5) is 29.0. The zero-order valence-corrected chi connectivity index (χ0v) is 15.3. The molecular weight excluding hydrogens is 314 g/mol. The van der Waals surface area contributed by atoms with Gasteiger partial charge in [-0.25, -0.2) is 4.79 Å². The quantitative estimate of drug-likeness (QED) is 0.913. The van der Waals surface area contributed by atoms with Gasteiger partial charge in [-0.15, -0.1) is 0 Å². The molecule has 1 saturated carbocycles. The molecule has 136 valence electrons. The van der Waals surface area contributed by atoms with Crippen LogP contribution >= 0.6 is 0 Å². The van der Waals surface area contributed by atoms with E-state index < -0.39 is 0 Å². The van der Waals surface area contributed by atoms with Gasteiger partial charge in [0.15, 0.2) is 0 Å². The van der Waals surface area contributed by atoms with E-state index in [9.17, 15) is 9.59 Å². The van der Waals surface area contributed by atoms with Crippen LogP contribution in [0.2, 0.25) is 0 Å². The summed E-state index contributed by atoms with van der Waals surface area (Å²) < 4.78 is 0. The van der Waals surface area contributed by atoms with Crippen LogP contribution in [-0.4, -0.2) is 47.9 Å². The number of benzene rings is 1. The van der Waals surface area contributed by atoms with E-state index in [2.05, 4.69) is 19.2 Å². The van der Waals surface area contributed by atoms with Gasteiger partial charge in [-0.05, 0) is 31.2 Å². The molecule has 1 aliphatic carbocycles. The normalized spacial score (nSPS) is 20.6. The zero-order valence-electron chi connectivity index (χ0n) is 15.3. The average molecular weight is 343 g/mol. The molecule has 2 aliphatic rings. The molecule has 1 aromatic rings. The minimum absolute atomic E-state index is 0.0253. The summed E-state index contributed by atoms with van der Waals surface area (Å²) in [6, 6.07) is 10.1. The van der Waals surface area contributed by atoms with Crippen LogP contribution in [0.25, 0.3) is 0 Å². The average Bonchev–Trinajstić information content (AvgIpc) is 3.42. The number of carbonyl (C=O) groups excluding carboxylic acids is 2. The molecule has 3 rings (SSSR count). The van der Waals surface area contributed by atoms with E-state index in [1.54, 1.807) is 0 Å². The van der Waals surface area contributed by atoms with Crippen molar-refractivity contribution in [1.29, 1.82) is 0 Å². The van der Waals surface area contributed by atoms with Gasteiger partial charge in [-0.1, -0.05) is 44.2 Å². The predicted molar refractivity (Wildman–Crippen MR) is 98.1 cm³/mol. The standard InChI is InChI=1S/C20H29N3O2/c1-3-17(16-8-5-4-6-9-16)21-19(25)23-13-7-12-22(14-15-23)18(24)20(2)10-11-20/h4-6,8-9,17H,3,7,10-15H2,1-2H3,(H,21,25)/t17-/m0/s1. The Morgan fingerprint density at radius 3 is 2.36 bits per heavy atom. The SMILES string of the molecule is CC[C@H](NC(=O)N1CCCN(C(=O)C2(C)CC2)CC1)c1ccccc1. The molecule has 1 saturated heterocycles. The van der Waals surface area contributed by atoms with Crippen LogP contribution in [0, 0.1) is 5.41 Å². The number of rotatable bonds is 4. The molecule has 3 amide bonds. The third-order valence-electron chi connectivity index (χ3n) is 5.49. The van der Waals surface area contributed by atoms with Gasteiger partial charge in [0.25, 0.3) is 0 Å². The smallest absolute Gasteiger partial charge is 0.317 e.